The molecule has 0 aliphatic heterocycles. The monoisotopic (exact) mass is 846 g/mol. The molecule has 2 atom stereocenters. The second-order valence-electron chi connectivity index (χ2n) is 18.2. The predicted octanol–water partition coefficient (Wildman–Crippen LogP) is 15.9. The maximum Gasteiger partial charge on any atom is 0.305 e. The number of esters is 1. The van der Waals surface area contributed by atoms with E-state index in [-0.39, 0.29) is 18.5 Å². The molecule has 60 heavy (non-hydrogen) atoms. The lowest BCUT2D eigenvalue weighted by Gasteiger charge is -2.22. The summed E-state index contributed by atoms with van der Waals surface area (Å²) in [5.74, 6) is -0.0597. The van der Waals surface area contributed by atoms with Crippen LogP contribution in [0.25, 0.3) is 0 Å². The second-order valence-corrected chi connectivity index (χ2v) is 18.2. The summed E-state index contributed by atoms with van der Waals surface area (Å²) in [4.78, 5) is 24.4. The third-order valence-electron chi connectivity index (χ3n) is 12.2. The Morgan fingerprint density at radius 2 is 0.800 bits per heavy atom. The highest BCUT2D eigenvalue weighted by molar-refractivity contribution is 5.76. The number of rotatable bonds is 49. The van der Waals surface area contributed by atoms with Gasteiger partial charge in [0.1, 0.15) is 0 Å². The zero-order valence-corrected chi connectivity index (χ0v) is 40.2. The SMILES string of the molecule is CCCC/C=C\CCCCCCCC(=O)OCCCCCCCC/C=C\CCCCCCCCCC(=O)NC(CO)C(O)CCCCCCCCCCCCCCCCC. The zero-order chi connectivity index (χ0) is 43.7. The fourth-order valence-electron chi connectivity index (χ4n) is 8.08. The smallest absolute Gasteiger partial charge is 0.305 e. The lowest BCUT2D eigenvalue weighted by atomic mass is 10.0. The van der Waals surface area contributed by atoms with E-state index in [1.54, 1.807) is 0 Å². The van der Waals surface area contributed by atoms with Crippen LogP contribution in [0, 0.1) is 0 Å². The molecule has 6 heteroatoms. The summed E-state index contributed by atoms with van der Waals surface area (Å²) in [5.41, 5.74) is 0. The number of nitrogens with one attached hydrogen (secondary N) is 1. The molecule has 1 amide bonds. The summed E-state index contributed by atoms with van der Waals surface area (Å²) in [6.45, 7) is 4.89. The fourth-order valence-corrected chi connectivity index (χ4v) is 8.08. The summed E-state index contributed by atoms with van der Waals surface area (Å²) in [6.07, 6.45) is 58.6. The number of hydrogen-bond donors (Lipinski definition) is 3. The number of ether oxygens (including phenoxy) is 1. The average Bonchev–Trinajstić information content (AvgIpc) is 3.25. The van der Waals surface area contributed by atoms with Crippen molar-refractivity contribution in [1.29, 1.82) is 0 Å². The summed E-state index contributed by atoms with van der Waals surface area (Å²) >= 11 is 0. The molecule has 0 heterocycles. The van der Waals surface area contributed by atoms with Gasteiger partial charge in [-0.3, -0.25) is 9.59 Å². The maximum absolute atomic E-state index is 12.5. The quantitative estimate of drug-likeness (QED) is 0.0322. The molecule has 0 aromatic carbocycles. The Labute approximate surface area is 373 Å². The van der Waals surface area contributed by atoms with E-state index in [1.807, 2.05) is 0 Å². The fraction of sp³-hybridized carbons (Fsp3) is 0.889. The minimum absolute atomic E-state index is 0.0130. The zero-order valence-electron chi connectivity index (χ0n) is 40.2. The Bertz CT molecular complexity index is 935. The van der Waals surface area contributed by atoms with Gasteiger partial charge < -0.3 is 20.3 Å². The Hall–Kier alpha value is -1.66. The molecule has 0 rings (SSSR count). The Morgan fingerprint density at radius 3 is 1.23 bits per heavy atom. The third kappa shape index (κ3) is 45.9. The van der Waals surface area contributed by atoms with Crippen molar-refractivity contribution in [2.24, 2.45) is 0 Å². The van der Waals surface area contributed by atoms with Gasteiger partial charge in [-0.1, -0.05) is 224 Å². The molecule has 0 bridgehead atoms. The summed E-state index contributed by atoms with van der Waals surface area (Å²) in [7, 11) is 0. The molecule has 0 aromatic heterocycles. The van der Waals surface area contributed by atoms with Crippen molar-refractivity contribution in [3.05, 3.63) is 24.3 Å². The van der Waals surface area contributed by atoms with Crippen LogP contribution in [0.15, 0.2) is 24.3 Å². The highest BCUT2D eigenvalue weighted by Gasteiger charge is 2.20. The topological polar surface area (TPSA) is 95.9 Å². The Balaban J connectivity index is 3.47. The van der Waals surface area contributed by atoms with Crippen LogP contribution in [-0.4, -0.2) is 47.4 Å². The van der Waals surface area contributed by atoms with Crippen LogP contribution < -0.4 is 5.32 Å². The van der Waals surface area contributed by atoms with Crippen LogP contribution in [0.1, 0.15) is 284 Å². The molecule has 0 spiro atoms. The molecule has 0 saturated carbocycles. The van der Waals surface area contributed by atoms with Crippen molar-refractivity contribution in [2.45, 2.75) is 296 Å². The minimum Gasteiger partial charge on any atom is -0.466 e. The Morgan fingerprint density at radius 1 is 0.450 bits per heavy atom. The van der Waals surface area contributed by atoms with Crippen molar-refractivity contribution in [3.8, 4) is 0 Å². The largest absolute Gasteiger partial charge is 0.466 e. The van der Waals surface area contributed by atoms with E-state index >= 15 is 0 Å². The van der Waals surface area contributed by atoms with Gasteiger partial charge in [-0.15, -0.1) is 0 Å². The first-order chi connectivity index (χ1) is 29.5. The van der Waals surface area contributed by atoms with Crippen molar-refractivity contribution < 1.29 is 24.5 Å². The van der Waals surface area contributed by atoms with Gasteiger partial charge in [-0.25, -0.2) is 0 Å². The van der Waals surface area contributed by atoms with E-state index in [4.69, 9.17) is 4.74 Å². The van der Waals surface area contributed by atoms with Crippen LogP contribution in [0.5, 0.6) is 0 Å². The number of aliphatic hydroxyl groups excluding tert-OH is 2. The standard InChI is InChI=1S/C54H103NO5/c1-3-5-7-9-11-13-15-16-20-23-27-30-34-38-42-46-52(57)51(50-56)55-53(58)47-43-39-35-31-28-24-21-18-17-19-22-25-29-33-37-41-45-49-60-54(59)48-44-40-36-32-26-14-12-10-8-6-4-2/h10,12,17,19,51-52,56-57H,3-9,11,13-16,18,20-50H2,1-2H3,(H,55,58)/b12-10-,19-17-. The lowest BCUT2D eigenvalue weighted by molar-refractivity contribution is -0.143. The number of amides is 1. The first-order valence-electron chi connectivity index (χ1n) is 26.6. The van der Waals surface area contributed by atoms with E-state index in [9.17, 15) is 19.8 Å². The van der Waals surface area contributed by atoms with Crippen molar-refractivity contribution in [1.82, 2.24) is 5.32 Å². The van der Waals surface area contributed by atoms with Gasteiger partial charge in [0, 0.05) is 12.8 Å². The molecule has 0 radical (unpaired) electrons. The van der Waals surface area contributed by atoms with Gasteiger partial charge in [0.05, 0.1) is 25.4 Å². The number of aliphatic hydroxyl groups is 2. The maximum atomic E-state index is 12.5. The minimum atomic E-state index is -0.671. The highest BCUT2D eigenvalue weighted by atomic mass is 16.5. The van der Waals surface area contributed by atoms with Gasteiger partial charge in [-0.05, 0) is 70.6 Å². The molecule has 3 N–H and O–H groups in total. The van der Waals surface area contributed by atoms with Gasteiger partial charge >= 0.3 is 5.97 Å². The third-order valence-corrected chi connectivity index (χ3v) is 12.2. The van der Waals surface area contributed by atoms with Crippen molar-refractivity contribution in [2.75, 3.05) is 13.2 Å². The van der Waals surface area contributed by atoms with Crippen molar-refractivity contribution >= 4 is 11.9 Å². The molecule has 2 unspecified atom stereocenters. The van der Waals surface area contributed by atoms with Crippen LogP contribution in [0.3, 0.4) is 0 Å². The summed E-state index contributed by atoms with van der Waals surface area (Å²) in [6, 6.07) is -0.550. The van der Waals surface area contributed by atoms with Gasteiger partial charge in [0.15, 0.2) is 0 Å². The number of carbonyl (C=O) groups is 2. The molecule has 0 aliphatic carbocycles. The van der Waals surface area contributed by atoms with Gasteiger partial charge in [0.2, 0.25) is 5.91 Å². The van der Waals surface area contributed by atoms with Crippen LogP contribution in [-0.2, 0) is 14.3 Å². The first-order valence-corrected chi connectivity index (χ1v) is 26.6. The lowest BCUT2D eigenvalue weighted by Crippen LogP contribution is -2.45. The highest BCUT2D eigenvalue weighted by Crippen LogP contribution is 2.16. The van der Waals surface area contributed by atoms with E-state index in [0.29, 0.717) is 25.9 Å². The molecule has 6 nitrogen and oxygen atoms in total. The summed E-state index contributed by atoms with van der Waals surface area (Å²) < 4.78 is 5.44. The number of hydrogen-bond acceptors (Lipinski definition) is 5. The molecular formula is C54H103NO5. The van der Waals surface area contributed by atoms with E-state index in [0.717, 1.165) is 57.8 Å². The van der Waals surface area contributed by atoms with E-state index in [2.05, 4.69) is 43.5 Å². The molecule has 0 saturated heterocycles. The predicted molar refractivity (Wildman–Crippen MR) is 260 cm³/mol. The average molecular weight is 846 g/mol. The first kappa shape index (κ1) is 58.3. The van der Waals surface area contributed by atoms with E-state index < -0.39 is 12.1 Å². The van der Waals surface area contributed by atoms with Gasteiger partial charge in [0.25, 0.3) is 0 Å². The Kier molecular flexibility index (Phi) is 48.6. The normalized spacial score (nSPS) is 12.8. The van der Waals surface area contributed by atoms with E-state index in [1.165, 1.54) is 193 Å². The number of carbonyl (C=O) groups excluding carboxylic acids is 2. The van der Waals surface area contributed by atoms with Crippen LogP contribution in [0.4, 0.5) is 0 Å². The molecular weight excluding hydrogens is 743 g/mol. The molecule has 354 valence electrons. The second kappa shape index (κ2) is 50.0. The van der Waals surface area contributed by atoms with Crippen LogP contribution in [0.2, 0.25) is 0 Å². The van der Waals surface area contributed by atoms with Crippen molar-refractivity contribution in [3.63, 3.8) is 0 Å². The van der Waals surface area contributed by atoms with Gasteiger partial charge in [-0.2, -0.15) is 0 Å². The molecule has 0 aliphatic rings. The summed E-state index contributed by atoms with van der Waals surface area (Å²) in [5, 5.41) is 23.2. The van der Waals surface area contributed by atoms with Crippen LogP contribution >= 0.6 is 0 Å². The molecule has 0 aromatic rings. The molecule has 0 fully saturated rings. The number of allylic oxidation sites excluding steroid dienone is 4. The number of unbranched alkanes of at least 4 members (excludes halogenated alkanes) is 34.